The van der Waals surface area contributed by atoms with Gasteiger partial charge in [0.1, 0.15) is 0 Å². The molecule has 1 amide bonds. The van der Waals surface area contributed by atoms with E-state index >= 15 is 0 Å². The fraction of sp³-hybridized carbons (Fsp3) is 0.125. The first kappa shape index (κ1) is 15.5. The van der Waals surface area contributed by atoms with Crippen molar-refractivity contribution in [2.45, 2.75) is 13.8 Å². The summed E-state index contributed by atoms with van der Waals surface area (Å²) in [6.45, 7) is 3.84. The molecule has 1 N–H and O–H groups in total. The van der Waals surface area contributed by atoms with Crippen molar-refractivity contribution < 1.29 is 4.79 Å². The van der Waals surface area contributed by atoms with Crippen molar-refractivity contribution in [3.63, 3.8) is 0 Å². The zero-order chi connectivity index (χ0) is 15.4. The van der Waals surface area contributed by atoms with Gasteiger partial charge in [0.25, 0.3) is 5.91 Å². The van der Waals surface area contributed by atoms with Crippen LogP contribution in [0.3, 0.4) is 0 Å². The molecular weight excluding hydrogens is 307 g/mol. The number of hydrogen-bond donors (Lipinski definition) is 1. The maximum atomic E-state index is 12.0. The lowest BCUT2D eigenvalue weighted by Gasteiger charge is -2.05. The Morgan fingerprint density at radius 3 is 2.38 bits per heavy atom. The summed E-state index contributed by atoms with van der Waals surface area (Å²) in [6, 6.07) is 12.6. The highest BCUT2D eigenvalue weighted by molar-refractivity contribution is 6.36. The van der Waals surface area contributed by atoms with Crippen molar-refractivity contribution in [1.29, 1.82) is 0 Å². The number of carbonyl (C=O) groups is 1. The summed E-state index contributed by atoms with van der Waals surface area (Å²) in [7, 11) is 0. The van der Waals surface area contributed by atoms with Crippen molar-refractivity contribution in [1.82, 2.24) is 5.43 Å². The zero-order valence-electron chi connectivity index (χ0n) is 11.7. The summed E-state index contributed by atoms with van der Waals surface area (Å²) >= 11 is 11.8. The lowest BCUT2D eigenvalue weighted by molar-refractivity contribution is 0.0955. The number of amides is 1. The maximum Gasteiger partial charge on any atom is 0.272 e. The molecule has 108 valence electrons. The van der Waals surface area contributed by atoms with Crippen molar-refractivity contribution in [3.8, 4) is 0 Å². The molecule has 0 radical (unpaired) electrons. The van der Waals surface area contributed by atoms with Crippen LogP contribution in [-0.4, -0.2) is 11.6 Å². The van der Waals surface area contributed by atoms with Gasteiger partial charge in [-0.05, 0) is 37.6 Å². The normalized spacial score (nSPS) is 11.3. The quantitative estimate of drug-likeness (QED) is 0.658. The number of nitrogens with one attached hydrogen (secondary N) is 1. The number of halogens is 2. The van der Waals surface area contributed by atoms with E-state index in [1.807, 2.05) is 38.1 Å². The predicted octanol–water partition coefficient (Wildman–Crippen LogP) is 4.46. The Labute approximate surface area is 133 Å². The molecule has 0 fully saturated rings. The maximum absolute atomic E-state index is 12.0. The van der Waals surface area contributed by atoms with Crippen LogP contribution in [0, 0.1) is 6.92 Å². The summed E-state index contributed by atoms with van der Waals surface area (Å²) in [6.07, 6.45) is 0. The van der Waals surface area contributed by atoms with Crippen LogP contribution in [0.5, 0.6) is 0 Å². The molecule has 2 rings (SSSR count). The van der Waals surface area contributed by atoms with Crippen LogP contribution in [0.15, 0.2) is 47.6 Å². The fourth-order valence-electron chi connectivity index (χ4n) is 1.73. The van der Waals surface area contributed by atoms with Gasteiger partial charge in [-0.15, -0.1) is 0 Å². The Kier molecular flexibility index (Phi) is 4.99. The Morgan fingerprint density at radius 1 is 1.10 bits per heavy atom. The van der Waals surface area contributed by atoms with Crippen LogP contribution in [0.2, 0.25) is 10.0 Å². The molecule has 0 unspecified atom stereocenters. The van der Waals surface area contributed by atoms with Gasteiger partial charge in [0.15, 0.2) is 0 Å². The monoisotopic (exact) mass is 320 g/mol. The highest BCUT2D eigenvalue weighted by atomic mass is 35.5. The van der Waals surface area contributed by atoms with E-state index in [0.29, 0.717) is 21.3 Å². The number of carbonyl (C=O) groups excluding carboxylic acids is 1. The van der Waals surface area contributed by atoms with Gasteiger partial charge < -0.3 is 0 Å². The van der Waals surface area contributed by atoms with Gasteiger partial charge >= 0.3 is 0 Å². The van der Waals surface area contributed by atoms with Gasteiger partial charge in [-0.3, -0.25) is 4.79 Å². The average molecular weight is 321 g/mol. The summed E-state index contributed by atoms with van der Waals surface area (Å²) < 4.78 is 0. The molecule has 0 atom stereocenters. The standard InChI is InChI=1S/C16H14Cl2N2O/c1-10-3-5-12(6-4-10)11(2)19-20-16(21)14-8-7-13(17)9-15(14)18/h3-9H,1-2H3,(H,20,21)/b19-11+. The Balaban J connectivity index is 2.12. The van der Waals surface area contributed by atoms with Crippen molar-refractivity contribution in [2.24, 2.45) is 5.10 Å². The van der Waals surface area contributed by atoms with Crippen LogP contribution in [0.4, 0.5) is 0 Å². The Morgan fingerprint density at radius 2 is 1.76 bits per heavy atom. The minimum Gasteiger partial charge on any atom is -0.267 e. The van der Waals surface area contributed by atoms with E-state index in [0.717, 1.165) is 5.56 Å². The third-order valence-corrected chi connectivity index (χ3v) is 3.52. The van der Waals surface area contributed by atoms with E-state index in [2.05, 4.69) is 10.5 Å². The molecule has 0 bridgehead atoms. The van der Waals surface area contributed by atoms with Gasteiger partial charge in [-0.25, -0.2) is 5.43 Å². The molecule has 5 heteroatoms. The zero-order valence-corrected chi connectivity index (χ0v) is 13.2. The number of aryl methyl sites for hydroxylation is 1. The molecule has 0 saturated heterocycles. The first-order valence-corrected chi connectivity index (χ1v) is 7.09. The summed E-state index contributed by atoms with van der Waals surface area (Å²) in [5, 5.41) is 4.87. The van der Waals surface area contributed by atoms with Crippen molar-refractivity contribution in [3.05, 3.63) is 69.2 Å². The fourth-order valence-corrected chi connectivity index (χ4v) is 2.22. The molecule has 0 aliphatic heterocycles. The van der Waals surface area contributed by atoms with Crippen LogP contribution in [-0.2, 0) is 0 Å². The first-order chi connectivity index (χ1) is 9.97. The number of benzene rings is 2. The Bertz CT molecular complexity index is 694. The predicted molar refractivity (Wildman–Crippen MR) is 87.3 cm³/mol. The lowest BCUT2D eigenvalue weighted by atomic mass is 10.1. The van der Waals surface area contributed by atoms with E-state index in [1.165, 1.54) is 11.6 Å². The highest BCUT2D eigenvalue weighted by Crippen LogP contribution is 2.20. The van der Waals surface area contributed by atoms with Gasteiger partial charge in [0.2, 0.25) is 0 Å². The topological polar surface area (TPSA) is 41.5 Å². The minimum atomic E-state index is -0.372. The van der Waals surface area contributed by atoms with E-state index in [4.69, 9.17) is 23.2 Å². The van der Waals surface area contributed by atoms with Gasteiger partial charge in [-0.2, -0.15) is 5.10 Å². The highest BCUT2D eigenvalue weighted by Gasteiger charge is 2.10. The summed E-state index contributed by atoms with van der Waals surface area (Å²) in [5.41, 5.74) is 5.66. The molecule has 2 aromatic carbocycles. The van der Waals surface area contributed by atoms with Crippen molar-refractivity contribution >= 4 is 34.8 Å². The first-order valence-electron chi connectivity index (χ1n) is 6.34. The molecule has 0 heterocycles. The molecule has 21 heavy (non-hydrogen) atoms. The number of nitrogens with zero attached hydrogens (tertiary/aromatic N) is 1. The van der Waals surface area contributed by atoms with Gasteiger partial charge in [-0.1, -0.05) is 53.0 Å². The average Bonchev–Trinajstić information content (AvgIpc) is 2.45. The van der Waals surface area contributed by atoms with E-state index in [9.17, 15) is 4.79 Å². The van der Waals surface area contributed by atoms with Crippen molar-refractivity contribution in [2.75, 3.05) is 0 Å². The van der Waals surface area contributed by atoms with Crippen LogP contribution in [0.25, 0.3) is 0 Å². The molecule has 2 aromatic rings. The second kappa shape index (κ2) is 6.74. The molecule has 0 saturated carbocycles. The second-order valence-corrected chi connectivity index (χ2v) is 5.47. The number of hydrazone groups is 1. The second-order valence-electron chi connectivity index (χ2n) is 4.63. The smallest absolute Gasteiger partial charge is 0.267 e. The number of hydrogen-bond acceptors (Lipinski definition) is 2. The minimum absolute atomic E-state index is 0.295. The van der Waals surface area contributed by atoms with Gasteiger partial charge in [0.05, 0.1) is 16.3 Å². The molecular formula is C16H14Cl2N2O. The molecule has 3 nitrogen and oxygen atoms in total. The van der Waals surface area contributed by atoms with Crippen LogP contribution >= 0.6 is 23.2 Å². The lowest BCUT2D eigenvalue weighted by Crippen LogP contribution is -2.19. The molecule has 0 spiro atoms. The van der Waals surface area contributed by atoms with E-state index in [-0.39, 0.29) is 5.91 Å². The Hall–Kier alpha value is -1.84. The third-order valence-electron chi connectivity index (χ3n) is 2.97. The van der Waals surface area contributed by atoms with E-state index < -0.39 is 0 Å². The van der Waals surface area contributed by atoms with Crippen LogP contribution < -0.4 is 5.43 Å². The molecule has 0 aromatic heterocycles. The van der Waals surface area contributed by atoms with Crippen LogP contribution in [0.1, 0.15) is 28.4 Å². The summed E-state index contributed by atoms with van der Waals surface area (Å²) in [5.74, 6) is -0.372. The SMILES string of the molecule is C/C(=N\NC(=O)c1ccc(Cl)cc1Cl)c1ccc(C)cc1. The number of rotatable bonds is 3. The molecule has 0 aliphatic carbocycles. The van der Waals surface area contributed by atoms with Gasteiger partial charge in [0, 0.05) is 5.02 Å². The van der Waals surface area contributed by atoms with E-state index in [1.54, 1.807) is 12.1 Å². The summed E-state index contributed by atoms with van der Waals surface area (Å²) in [4.78, 5) is 12.0. The largest absolute Gasteiger partial charge is 0.272 e. The molecule has 0 aliphatic rings. The third kappa shape index (κ3) is 4.06.